The highest BCUT2D eigenvalue weighted by atomic mass is 16.5. The lowest BCUT2D eigenvalue weighted by atomic mass is 10.2. The van der Waals surface area contributed by atoms with Crippen molar-refractivity contribution in [2.75, 3.05) is 20.3 Å². The molecule has 96 valence electrons. The number of rotatable bonds is 9. The molecule has 17 heavy (non-hydrogen) atoms. The van der Waals surface area contributed by atoms with Crippen LogP contribution >= 0.6 is 0 Å². The largest absolute Gasteiger partial charge is 0.383 e. The summed E-state index contributed by atoms with van der Waals surface area (Å²) in [5.41, 5.74) is 2.37. The lowest BCUT2D eigenvalue weighted by Crippen LogP contribution is -2.18. The highest BCUT2D eigenvalue weighted by Gasteiger charge is 2.03. The Bertz CT molecular complexity index is 333. The molecule has 0 saturated heterocycles. The average molecular weight is 237 g/mol. The number of aryl methyl sites for hydroxylation is 2. The van der Waals surface area contributed by atoms with Crippen LogP contribution in [0.5, 0.6) is 0 Å². The summed E-state index contributed by atoms with van der Waals surface area (Å²) in [5.74, 6) is 0. The van der Waals surface area contributed by atoms with Gasteiger partial charge in [0.05, 0.1) is 12.3 Å². The van der Waals surface area contributed by atoms with E-state index in [4.69, 9.17) is 4.74 Å². The van der Waals surface area contributed by atoms with Gasteiger partial charge >= 0.3 is 0 Å². The first-order chi connectivity index (χ1) is 8.27. The molecule has 0 aliphatic rings. The fourth-order valence-electron chi connectivity index (χ4n) is 1.64. The predicted octanol–water partition coefficient (Wildman–Crippen LogP) is 1.89. The van der Waals surface area contributed by atoms with Crippen molar-refractivity contribution in [2.45, 2.75) is 32.9 Å². The minimum atomic E-state index is 0.743. The summed E-state index contributed by atoms with van der Waals surface area (Å²) in [6, 6.07) is 0. The van der Waals surface area contributed by atoms with Crippen LogP contribution in [-0.2, 0) is 17.8 Å². The van der Waals surface area contributed by atoms with E-state index in [0.29, 0.717) is 0 Å². The molecule has 4 nitrogen and oxygen atoms in total. The SMILES string of the molecule is C=CCCCn1cc(CNCCOC)c(C)n1. The Morgan fingerprint density at radius 1 is 1.59 bits per heavy atom. The number of aromatic nitrogens is 2. The maximum Gasteiger partial charge on any atom is 0.0638 e. The van der Waals surface area contributed by atoms with Gasteiger partial charge in [-0.05, 0) is 19.8 Å². The summed E-state index contributed by atoms with van der Waals surface area (Å²) < 4.78 is 7.01. The highest BCUT2D eigenvalue weighted by molar-refractivity contribution is 5.14. The normalized spacial score (nSPS) is 10.7. The molecule has 0 bridgehead atoms. The van der Waals surface area contributed by atoms with E-state index in [1.165, 1.54) is 5.56 Å². The van der Waals surface area contributed by atoms with Gasteiger partial charge in [-0.15, -0.1) is 6.58 Å². The molecular formula is C13H23N3O. The van der Waals surface area contributed by atoms with E-state index in [9.17, 15) is 0 Å². The summed E-state index contributed by atoms with van der Waals surface area (Å²) in [4.78, 5) is 0. The Morgan fingerprint density at radius 3 is 3.12 bits per heavy atom. The fraction of sp³-hybridized carbons (Fsp3) is 0.615. The molecule has 0 saturated carbocycles. The van der Waals surface area contributed by atoms with Crippen LogP contribution in [0, 0.1) is 6.92 Å². The molecule has 1 N–H and O–H groups in total. The van der Waals surface area contributed by atoms with Gasteiger partial charge in [0, 0.05) is 38.5 Å². The Kier molecular flexibility index (Phi) is 6.58. The summed E-state index contributed by atoms with van der Waals surface area (Å²) >= 11 is 0. The number of allylic oxidation sites excluding steroid dienone is 1. The molecule has 1 rings (SSSR count). The van der Waals surface area contributed by atoms with Crippen molar-refractivity contribution in [2.24, 2.45) is 0 Å². The van der Waals surface area contributed by atoms with Crippen LogP contribution in [-0.4, -0.2) is 30.0 Å². The second-order valence-electron chi connectivity index (χ2n) is 4.10. The molecule has 0 aliphatic carbocycles. The quantitative estimate of drug-likeness (QED) is 0.526. The zero-order valence-corrected chi connectivity index (χ0v) is 10.9. The van der Waals surface area contributed by atoms with Crippen molar-refractivity contribution in [1.29, 1.82) is 0 Å². The van der Waals surface area contributed by atoms with Crippen LogP contribution in [0.1, 0.15) is 24.1 Å². The van der Waals surface area contributed by atoms with Crippen molar-refractivity contribution in [3.63, 3.8) is 0 Å². The van der Waals surface area contributed by atoms with E-state index in [1.807, 2.05) is 10.8 Å². The number of ether oxygens (including phenoxy) is 1. The molecule has 0 aliphatic heterocycles. The number of nitrogens with one attached hydrogen (secondary N) is 1. The summed E-state index contributed by atoms with van der Waals surface area (Å²) in [6.07, 6.45) is 6.21. The number of hydrogen-bond acceptors (Lipinski definition) is 3. The topological polar surface area (TPSA) is 39.1 Å². The number of unbranched alkanes of at least 4 members (excludes halogenated alkanes) is 1. The molecule has 0 amide bonds. The van der Waals surface area contributed by atoms with Crippen LogP contribution in [0.2, 0.25) is 0 Å². The Morgan fingerprint density at radius 2 is 2.41 bits per heavy atom. The van der Waals surface area contributed by atoms with Crippen LogP contribution in [0.25, 0.3) is 0 Å². The molecule has 0 spiro atoms. The fourth-order valence-corrected chi connectivity index (χ4v) is 1.64. The molecule has 0 radical (unpaired) electrons. The van der Waals surface area contributed by atoms with Gasteiger partial charge < -0.3 is 10.1 Å². The van der Waals surface area contributed by atoms with Gasteiger partial charge in [0.15, 0.2) is 0 Å². The predicted molar refractivity (Wildman–Crippen MR) is 70.0 cm³/mol. The Labute approximate surface area is 104 Å². The van der Waals surface area contributed by atoms with Crippen LogP contribution in [0.15, 0.2) is 18.9 Å². The summed E-state index contributed by atoms with van der Waals surface area (Å²) in [6.45, 7) is 9.21. The third kappa shape index (κ3) is 5.15. The van der Waals surface area contributed by atoms with Crippen molar-refractivity contribution in [1.82, 2.24) is 15.1 Å². The minimum absolute atomic E-state index is 0.743. The molecule has 4 heteroatoms. The Hall–Kier alpha value is -1.13. The van der Waals surface area contributed by atoms with E-state index in [-0.39, 0.29) is 0 Å². The molecule has 0 fully saturated rings. The van der Waals surface area contributed by atoms with E-state index in [0.717, 1.165) is 44.8 Å². The lowest BCUT2D eigenvalue weighted by Gasteiger charge is -2.02. The van der Waals surface area contributed by atoms with Gasteiger partial charge in [0.2, 0.25) is 0 Å². The first-order valence-electron chi connectivity index (χ1n) is 6.11. The minimum Gasteiger partial charge on any atom is -0.383 e. The van der Waals surface area contributed by atoms with Gasteiger partial charge in [0.1, 0.15) is 0 Å². The van der Waals surface area contributed by atoms with E-state index >= 15 is 0 Å². The molecular weight excluding hydrogens is 214 g/mol. The standard InChI is InChI=1S/C13H23N3O/c1-4-5-6-8-16-11-13(12(2)15-16)10-14-7-9-17-3/h4,11,14H,1,5-10H2,2-3H3. The highest BCUT2D eigenvalue weighted by Crippen LogP contribution is 2.06. The molecule has 1 heterocycles. The van der Waals surface area contributed by atoms with Gasteiger partial charge in [-0.1, -0.05) is 6.08 Å². The van der Waals surface area contributed by atoms with Gasteiger partial charge in [-0.2, -0.15) is 5.10 Å². The van der Waals surface area contributed by atoms with Crippen LogP contribution in [0.4, 0.5) is 0 Å². The van der Waals surface area contributed by atoms with E-state index < -0.39 is 0 Å². The van der Waals surface area contributed by atoms with Gasteiger partial charge in [0.25, 0.3) is 0 Å². The zero-order valence-electron chi connectivity index (χ0n) is 10.9. The lowest BCUT2D eigenvalue weighted by molar-refractivity contribution is 0.199. The van der Waals surface area contributed by atoms with Crippen LogP contribution in [0.3, 0.4) is 0 Å². The first kappa shape index (κ1) is 13.9. The molecule has 0 unspecified atom stereocenters. The number of nitrogens with zero attached hydrogens (tertiary/aromatic N) is 2. The zero-order chi connectivity index (χ0) is 12.5. The average Bonchev–Trinajstić information content (AvgIpc) is 2.66. The van der Waals surface area contributed by atoms with Crippen molar-refractivity contribution in [3.8, 4) is 0 Å². The third-order valence-electron chi connectivity index (χ3n) is 2.64. The second kappa shape index (κ2) is 8.03. The molecule has 0 atom stereocenters. The molecule has 1 aromatic rings. The maximum absolute atomic E-state index is 4.99. The van der Waals surface area contributed by atoms with Gasteiger partial charge in [-0.3, -0.25) is 4.68 Å². The van der Waals surface area contributed by atoms with Crippen molar-refractivity contribution >= 4 is 0 Å². The Balaban J connectivity index is 2.36. The molecule has 0 aromatic carbocycles. The van der Waals surface area contributed by atoms with E-state index in [2.05, 4.69) is 30.1 Å². The summed E-state index contributed by atoms with van der Waals surface area (Å²) in [5, 5.41) is 7.82. The van der Waals surface area contributed by atoms with Gasteiger partial charge in [-0.25, -0.2) is 0 Å². The second-order valence-corrected chi connectivity index (χ2v) is 4.10. The molecule has 1 aromatic heterocycles. The van der Waals surface area contributed by atoms with Crippen LogP contribution < -0.4 is 5.32 Å². The third-order valence-corrected chi connectivity index (χ3v) is 2.64. The first-order valence-corrected chi connectivity index (χ1v) is 6.11. The summed E-state index contributed by atoms with van der Waals surface area (Å²) in [7, 11) is 1.71. The monoisotopic (exact) mass is 237 g/mol. The van der Waals surface area contributed by atoms with Crippen molar-refractivity contribution < 1.29 is 4.74 Å². The van der Waals surface area contributed by atoms with E-state index in [1.54, 1.807) is 7.11 Å². The smallest absolute Gasteiger partial charge is 0.0638 e. The number of hydrogen-bond donors (Lipinski definition) is 1. The maximum atomic E-state index is 4.99. The van der Waals surface area contributed by atoms with Crippen molar-refractivity contribution in [3.05, 3.63) is 30.1 Å². The number of methoxy groups -OCH3 is 1.